The van der Waals surface area contributed by atoms with Crippen molar-refractivity contribution in [3.63, 3.8) is 0 Å². The Bertz CT molecular complexity index is 1090. The molecular weight excluding hydrogens is 348 g/mol. The molecule has 0 bridgehead atoms. The zero-order valence-corrected chi connectivity index (χ0v) is 15.6. The molecule has 0 saturated carbocycles. The molecular formula is C23H22N4O. The highest BCUT2D eigenvalue weighted by Gasteiger charge is 2.22. The van der Waals surface area contributed by atoms with Gasteiger partial charge in [0, 0.05) is 24.7 Å². The van der Waals surface area contributed by atoms with E-state index in [1.807, 2.05) is 36.7 Å². The summed E-state index contributed by atoms with van der Waals surface area (Å²) in [7, 11) is 0. The van der Waals surface area contributed by atoms with Crippen LogP contribution in [0.1, 0.15) is 11.4 Å². The summed E-state index contributed by atoms with van der Waals surface area (Å²) in [5.41, 5.74) is 4.56. The minimum atomic E-state index is 0.123. The van der Waals surface area contributed by atoms with Crippen molar-refractivity contribution < 1.29 is 4.74 Å². The molecule has 0 fully saturated rings. The first-order valence-corrected chi connectivity index (χ1v) is 9.62. The van der Waals surface area contributed by atoms with Crippen LogP contribution in [-0.2, 0) is 24.4 Å². The highest BCUT2D eigenvalue weighted by molar-refractivity contribution is 5.78. The van der Waals surface area contributed by atoms with Gasteiger partial charge < -0.3 is 14.6 Å². The van der Waals surface area contributed by atoms with Crippen LogP contribution in [0.15, 0.2) is 73.1 Å². The molecule has 4 aromatic rings. The Hall–Kier alpha value is -3.02. The summed E-state index contributed by atoms with van der Waals surface area (Å²) in [5, 5.41) is 4.69. The summed E-state index contributed by atoms with van der Waals surface area (Å²) in [6.45, 7) is 2.93. The average Bonchev–Trinajstić information content (AvgIpc) is 3.18. The Labute approximate surface area is 164 Å². The van der Waals surface area contributed by atoms with Gasteiger partial charge in [0.25, 0.3) is 0 Å². The van der Waals surface area contributed by atoms with Gasteiger partial charge in [-0.2, -0.15) is 0 Å². The quantitative estimate of drug-likeness (QED) is 0.581. The first-order chi connectivity index (χ1) is 13.9. The van der Waals surface area contributed by atoms with Crippen LogP contribution in [0.3, 0.4) is 0 Å². The van der Waals surface area contributed by atoms with Crippen LogP contribution in [0.5, 0.6) is 0 Å². The van der Waals surface area contributed by atoms with Crippen LogP contribution in [0.2, 0.25) is 0 Å². The van der Waals surface area contributed by atoms with E-state index in [9.17, 15) is 0 Å². The highest BCUT2D eigenvalue weighted by atomic mass is 16.5. The maximum Gasteiger partial charge on any atom is 0.135 e. The van der Waals surface area contributed by atoms with Crippen molar-refractivity contribution in [3.8, 4) is 11.3 Å². The lowest BCUT2D eigenvalue weighted by atomic mass is 10.1. The van der Waals surface area contributed by atoms with Crippen molar-refractivity contribution in [1.29, 1.82) is 0 Å². The van der Waals surface area contributed by atoms with Crippen LogP contribution in [-0.4, -0.2) is 27.2 Å². The van der Waals surface area contributed by atoms with Gasteiger partial charge in [-0.15, -0.1) is 0 Å². The second-order valence-corrected chi connectivity index (χ2v) is 7.14. The van der Waals surface area contributed by atoms with Crippen LogP contribution in [0.4, 0.5) is 0 Å². The van der Waals surface area contributed by atoms with Crippen LogP contribution in [0, 0.1) is 0 Å². The van der Waals surface area contributed by atoms with Crippen molar-refractivity contribution in [2.75, 3.05) is 6.54 Å². The van der Waals surface area contributed by atoms with Crippen molar-refractivity contribution in [2.24, 2.45) is 0 Å². The van der Waals surface area contributed by atoms with E-state index < -0.39 is 0 Å². The fourth-order valence-corrected chi connectivity index (χ4v) is 3.74. The largest absolute Gasteiger partial charge is 0.367 e. The third-order valence-corrected chi connectivity index (χ3v) is 5.19. The molecule has 28 heavy (non-hydrogen) atoms. The summed E-state index contributed by atoms with van der Waals surface area (Å²) < 4.78 is 8.28. The molecule has 3 heterocycles. The second-order valence-electron chi connectivity index (χ2n) is 7.14. The number of imidazole rings is 1. The Morgan fingerprint density at radius 2 is 1.86 bits per heavy atom. The molecule has 0 amide bonds. The second kappa shape index (κ2) is 7.54. The van der Waals surface area contributed by atoms with E-state index >= 15 is 0 Å². The van der Waals surface area contributed by atoms with E-state index in [1.54, 1.807) is 0 Å². The molecule has 5 rings (SSSR count). The predicted octanol–water partition coefficient (Wildman–Crippen LogP) is 3.79. The number of para-hydroxylation sites is 1. The molecule has 140 valence electrons. The zero-order valence-electron chi connectivity index (χ0n) is 15.6. The summed E-state index contributed by atoms with van der Waals surface area (Å²) in [4.78, 5) is 9.06. The molecule has 1 unspecified atom stereocenters. The van der Waals surface area contributed by atoms with Crippen molar-refractivity contribution in [1.82, 2.24) is 19.9 Å². The number of nitrogens with zero attached hydrogens (tertiary/aromatic N) is 3. The zero-order chi connectivity index (χ0) is 18.8. The van der Waals surface area contributed by atoms with Crippen LogP contribution < -0.4 is 5.32 Å². The molecule has 1 N–H and O–H groups in total. The summed E-state index contributed by atoms with van der Waals surface area (Å²) >= 11 is 0. The molecule has 0 spiro atoms. The minimum absolute atomic E-state index is 0.123. The van der Waals surface area contributed by atoms with E-state index in [2.05, 4.69) is 56.3 Å². The number of pyridine rings is 1. The van der Waals surface area contributed by atoms with E-state index in [-0.39, 0.29) is 6.10 Å². The Morgan fingerprint density at radius 3 is 2.79 bits per heavy atom. The highest BCUT2D eigenvalue weighted by Crippen LogP contribution is 2.24. The maximum absolute atomic E-state index is 6.00. The number of benzene rings is 2. The van der Waals surface area contributed by atoms with Crippen LogP contribution >= 0.6 is 0 Å². The van der Waals surface area contributed by atoms with Crippen molar-refractivity contribution >= 4 is 10.9 Å². The van der Waals surface area contributed by atoms with E-state index in [4.69, 9.17) is 4.74 Å². The van der Waals surface area contributed by atoms with Gasteiger partial charge in [0.2, 0.25) is 0 Å². The number of hydrogen-bond donors (Lipinski definition) is 1. The maximum atomic E-state index is 6.00. The lowest BCUT2D eigenvalue weighted by Crippen LogP contribution is -2.36. The first-order valence-electron chi connectivity index (χ1n) is 9.62. The molecule has 5 nitrogen and oxygen atoms in total. The van der Waals surface area contributed by atoms with Gasteiger partial charge in [0.1, 0.15) is 12.4 Å². The van der Waals surface area contributed by atoms with Gasteiger partial charge >= 0.3 is 0 Å². The third-order valence-electron chi connectivity index (χ3n) is 5.19. The third kappa shape index (κ3) is 3.42. The molecule has 0 saturated heterocycles. The molecule has 0 aliphatic carbocycles. The molecule has 1 aliphatic rings. The summed E-state index contributed by atoms with van der Waals surface area (Å²) in [5.74, 6) is 0.994. The fraction of sp³-hybridized carbons (Fsp3) is 0.217. The van der Waals surface area contributed by atoms with Crippen molar-refractivity contribution in [3.05, 3.63) is 84.4 Å². The average molecular weight is 370 g/mol. The summed E-state index contributed by atoms with van der Waals surface area (Å²) in [6.07, 6.45) is 4.01. The number of aromatic nitrogens is 3. The summed E-state index contributed by atoms with van der Waals surface area (Å²) in [6, 6.07) is 20.8. The van der Waals surface area contributed by atoms with Gasteiger partial charge in [0.05, 0.1) is 30.1 Å². The molecule has 0 radical (unpaired) electrons. The van der Waals surface area contributed by atoms with Gasteiger partial charge in [-0.25, -0.2) is 4.98 Å². The molecule has 2 aromatic heterocycles. The predicted molar refractivity (Wildman–Crippen MR) is 110 cm³/mol. The normalized spacial score (nSPS) is 16.2. The molecule has 2 aromatic carbocycles. The SMILES string of the molecule is c1ccc(-c2cnc3n2CC(CNCc2cnc4ccccc4c2)OC3)cc1. The number of fused-ring (bicyclic) bond motifs is 2. The number of nitrogens with one attached hydrogen (secondary N) is 1. The number of hydrogen-bond acceptors (Lipinski definition) is 4. The van der Waals surface area contributed by atoms with Gasteiger partial charge in [-0.05, 0) is 23.3 Å². The fourth-order valence-electron chi connectivity index (χ4n) is 3.74. The number of ether oxygens (including phenoxy) is 1. The van der Waals surface area contributed by atoms with Crippen molar-refractivity contribution in [2.45, 2.75) is 25.8 Å². The number of rotatable bonds is 5. The standard InChI is InChI=1S/C23H22N4O/c1-2-6-18(7-3-1)22-14-26-23-16-28-20(15-27(22)23)13-24-11-17-10-19-8-4-5-9-21(19)25-12-17/h1-10,12,14,20,24H,11,13,15-16H2. The van der Waals surface area contributed by atoms with Gasteiger partial charge in [0.15, 0.2) is 0 Å². The molecule has 5 heteroatoms. The smallest absolute Gasteiger partial charge is 0.135 e. The Balaban J connectivity index is 1.24. The Kier molecular flexibility index (Phi) is 4.61. The van der Waals surface area contributed by atoms with E-state index in [0.29, 0.717) is 6.61 Å². The minimum Gasteiger partial charge on any atom is -0.367 e. The monoisotopic (exact) mass is 370 g/mol. The first kappa shape index (κ1) is 17.1. The topological polar surface area (TPSA) is 52.0 Å². The van der Waals surface area contributed by atoms with E-state index in [0.717, 1.165) is 36.7 Å². The lowest BCUT2D eigenvalue weighted by molar-refractivity contribution is 0.00326. The van der Waals surface area contributed by atoms with Gasteiger partial charge in [-0.3, -0.25) is 4.98 Å². The van der Waals surface area contributed by atoms with Crippen LogP contribution in [0.25, 0.3) is 22.2 Å². The molecule has 1 aliphatic heterocycles. The molecule has 1 atom stereocenters. The van der Waals surface area contributed by atoms with Gasteiger partial charge in [-0.1, -0.05) is 48.5 Å². The van der Waals surface area contributed by atoms with E-state index in [1.165, 1.54) is 16.5 Å². The lowest BCUT2D eigenvalue weighted by Gasteiger charge is -2.26. The Morgan fingerprint density at radius 1 is 1.00 bits per heavy atom.